The first-order valence-corrected chi connectivity index (χ1v) is 5.75. The topological polar surface area (TPSA) is 47.3 Å². The standard InChI is InChI=1S/C11H17F3N2O2/c1-3-4-15-8(2)10-16-5-9(18-10)6-17-7-11(12,13)14/h5,8,15H,3-4,6-7H2,1-2H3. The number of oxazole rings is 1. The molecule has 1 rings (SSSR count). The Morgan fingerprint density at radius 1 is 1.50 bits per heavy atom. The molecule has 0 aliphatic heterocycles. The summed E-state index contributed by atoms with van der Waals surface area (Å²) in [6.07, 6.45) is -1.96. The van der Waals surface area contributed by atoms with Crippen LogP contribution in [0.15, 0.2) is 10.6 Å². The molecule has 1 aromatic rings. The quantitative estimate of drug-likeness (QED) is 0.824. The number of aromatic nitrogens is 1. The van der Waals surface area contributed by atoms with E-state index in [1.54, 1.807) is 0 Å². The number of alkyl halides is 3. The summed E-state index contributed by atoms with van der Waals surface area (Å²) in [5, 5.41) is 3.17. The Labute approximate surface area is 104 Å². The number of hydrogen-bond donors (Lipinski definition) is 1. The largest absolute Gasteiger partial charge is 0.442 e. The van der Waals surface area contributed by atoms with Crippen LogP contribution in [0.4, 0.5) is 13.2 Å². The van der Waals surface area contributed by atoms with Crippen LogP contribution < -0.4 is 5.32 Å². The van der Waals surface area contributed by atoms with Crippen molar-refractivity contribution in [3.63, 3.8) is 0 Å². The summed E-state index contributed by atoms with van der Waals surface area (Å²) in [5.74, 6) is 0.744. The first-order valence-electron chi connectivity index (χ1n) is 5.75. The van der Waals surface area contributed by atoms with E-state index in [-0.39, 0.29) is 12.6 Å². The zero-order valence-corrected chi connectivity index (χ0v) is 10.4. The van der Waals surface area contributed by atoms with Gasteiger partial charge in [0.15, 0.2) is 0 Å². The summed E-state index contributed by atoms with van der Waals surface area (Å²) in [5.41, 5.74) is 0. The van der Waals surface area contributed by atoms with Crippen LogP contribution in [0.1, 0.15) is 38.0 Å². The second-order valence-electron chi connectivity index (χ2n) is 3.95. The molecule has 1 aromatic heterocycles. The van der Waals surface area contributed by atoms with Gasteiger partial charge < -0.3 is 14.5 Å². The van der Waals surface area contributed by atoms with Crippen LogP contribution >= 0.6 is 0 Å². The van der Waals surface area contributed by atoms with Gasteiger partial charge in [-0.25, -0.2) is 4.98 Å². The maximum absolute atomic E-state index is 11.8. The Balaban J connectivity index is 2.38. The highest BCUT2D eigenvalue weighted by Crippen LogP contribution is 2.17. The number of nitrogens with zero attached hydrogens (tertiary/aromatic N) is 1. The molecule has 0 aromatic carbocycles. The molecule has 7 heteroatoms. The van der Waals surface area contributed by atoms with Gasteiger partial charge in [-0.1, -0.05) is 6.92 Å². The number of rotatable bonds is 7. The van der Waals surface area contributed by atoms with Gasteiger partial charge in [-0.2, -0.15) is 13.2 Å². The van der Waals surface area contributed by atoms with Crippen molar-refractivity contribution in [3.8, 4) is 0 Å². The molecule has 104 valence electrons. The number of nitrogens with one attached hydrogen (secondary N) is 1. The van der Waals surface area contributed by atoms with Crippen LogP contribution in [0.3, 0.4) is 0 Å². The van der Waals surface area contributed by atoms with E-state index in [4.69, 9.17) is 4.42 Å². The Bertz CT molecular complexity index is 352. The molecule has 18 heavy (non-hydrogen) atoms. The molecule has 0 saturated carbocycles. The molecule has 1 N–H and O–H groups in total. The van der Waals surface area contributed by atoms with E-state index < -0.39 is 12.8 Å². The Morgan fingerprint density at radius 3 is 2.83 bits per heavy atom. The summed E-state index contributed by atoms with van der Waals surface area (Å²) < 4.78 is 45.3. The third-order valence-corrected chi connectivity index (χ3v) is 2.15. The van der Waals surface area contributed by atoms with Crippen LogP contribution in [0.25, 0.3) is 0 Å². The molecule has 1 atom stereocenters. The number of ether oxygens (including phenoxy) is 1. The molecular weight excluding hydrogens is 249 g/mol. The van der Waals surface area contributed by atoms with E-state index in [0.29, 0.717) is 11.7 Å². The Morgan fingerprint density at radius 2 is 2.22 bits per heavy atom. The van der Waals surface area contributed by atoms with Gasteiger partial charge in [-0.3, -0.25) is 0 Å². The van der Waals surface area contributed by atoms with Gasteiger partial charge in [0, 0.05) is 0 Å². The van der Waals surface area contributed by atoms with Gasteiger partial charge in [0.2, 0.25) is 5.89 Å². The fourth-order valence-electron chi connectivity index (χ4n) is 1.31. The van der Waals surface area contributed by atoms with E-state index in [2.05, 4.69) is 15.0 Å². The first kappa shape index (κ1) is 15.0. The minimum absolute atomic E-state index is 0.0682. The average molecular weight is 266 g/mol. The predicted octanol–water partition coefficient (Wildman–Crippen LogP) is 2.81. The summed E-state index contributed by atoms with van der Waals surface area (Å²) in [6.45, 7) is 3.22. The fraction of sp³-hybridized carbons (Fsp3) is 0.727. The zero-order valence-electron chi connectivity index (χ0n) is 10.4. The van der Waals surface area contributed by atoms with E-state index in [0.717, 1.165) is 13.0 Å². The van der Waals surface area contributed by atoms with Gasteiger partial charge in [0.05, 0.1) is 12.2 Å². The van der Waals surface area contributed by atoms with Gasteiger partial charge in [-0.15, -0.1) is 0 Å². The molecule has 1 unspecified atom stereocenters. The lowest BCUT2D eigenvalue weighted by Crippen LogP contribution is -2.19. The van der Waals surface area contributed by atoms with Crippen molar-refractivity contribution < 1.29 is 22.3 Å². The van der Waals surface area contributed by atoms with Crippen LogP contribution in [0.5, 0.6) is 0 Å². The van der Waals surface area contributed by atoms with Crippen LogP contribution in [0, 0.1) is 0 Å². The Hall–Kier alpha value is -1.08. The van der Waals surface area contributed by atoms with E-state index in [1.807, 2.05) is 13.8 Å². The molecule has 0 aliphatic rings. The molecule has 0 radical (unpaired) electrons. The van der Waals surface area contributed by atoms with Gasteiger partial charge in [0.1, 0.15) is 19.0 Å². The molecule has 4 nitrogen and oxygen atoms in total. The summed E-state index contributed by atoms with van der Waals surface area (Å²) in [4.78, 5) is 3.99. The lowest BCUT2D eigenvalue weighted by Gasteiger charge is -2.08. The molecule has 0 fully saturated rings. The molecule has 1 heterocycles. The minimum atomic E-state index is -4.32. The molecule has 0 spiro atoms. The highest BCUT2D eigenvalue weighted by molar-refractivity contribution is 4.96. The fourth-order valence-corrected chi connectivity index (χ4v) is 1.31. The third-order valence-electron chi connectivity index (χ3n) is 2.15. The van der Waals surface area contributed by atoms with Crippen molar-refractivity contribution in [2.45, 2.75) is 39.1 Å². The van der Waals surface area contributed by atoms with E-state index in [1.165, 1.54) is 6.20 Å². The first-order chi connectivity index (χ1) is 8.42. The molecule has 0 aliphatic carbocycles. The Kier molecular flexibility index (Phi) is 5.61. The number of halogens is 3. The normalized spacial score (nSPS) is 13.8. The maximum Gasteiger partial charge on any atom is 0.411 e. The second-order valence-corrected chi connectivity index (χ2v) is 3.95. The van der Waals surface area contributed by atoms with Crippen molar-refractivity contribution in [3.05, 3.63) is 17.8 Å². The van der Waals surface area contributed by atoms with Gasteiger partial charge in [-0.05, 0) is 19.9 Å². The van der Waals surface area contributed by atoms with Gasteiger partial charge in [0.25, 0.3) is 0 Å². The van der Waals surface area contributed by atoms with Crippen molar-refractivity contribution in [1.82, 2.24) is 10.3 Å². The molecular formula is C11H17F3N2O2. The van der Waals surface area contributed by atoms with Crippen molar-refractivity contribution in [1.29, 1.82) is 0 Å². The lowest BCUT2D eigenvalue weighted by atomic mass is 10.3. The monoisotopic (exact) mass is 266 g/mol. The third kappa shape index (κ3) is 5.50. The van der Waals surface area contributed by atoms with Crippen molar-refractivity contribution in [2.24, 2.45) is 0 Å². The molecule has 0 bridgehead atoms. The second kappa shape index (κ2) is 6.75. The molecule has 0 saturated heterocycles. The van der Waals surface area contributed by atoms with Crippen molar-refractivity contribution in [2.75, 3.05) is 13.2 Å². The zero-order chi connectivity index (χ0) is 13.6. The van der Waals surface area contributed by atoms with E-state index in [9.17, 15) is 13.2 Å². The van der Waals surface area contributed by atoms with Crippen LogP contribution in [-0.4, -0.2) is 24.3 Å². The minimum Gasteiger partial charge on any atom is -0.442 e. The van der Waals surface area contributed by atoms with Crippen molar-refractivity contribution >= 4 is 0 Å². The molecule has 0 amide bonds. The number of hydrogen-bond acceptors (Lipinski definition) is 4. The van der Waals surface area contributed by atoms with E-state index >= 15 is 0 Å². The summed E-state index contributed by atoms with van der Waals surface area (Å²) >= 11 is 0. The maximum atomic E-state index is 11.8. The van der Waals surface area contributed by atoms with Gasteiger partial charge >= 0.3 is 6.18 Å². The smallest absolute Gasteiger partial charge is 0.411 e. The van der Waals surface area contributed by atoms with Crippen LogP contribution in [-0.2, 0) is 11.3 Å². The lowest BCUT2D eigenvalue weighted by molar-refractivity contribution is -0.177. The summed E-state index contributed by atoms with van der Waals surface area (Å²) in [7, 11) is 0. The predicted molar refractivity (Wildman–Crippen MR) is 58.9 cm³/mol. The summed E-state index contributed by atoms with van der Waals surface area (Å²) in [6, 6.07) is -0.0682. The SMILES string of the molecule is CCCNC(C)c1ncc(COCC(F)(F)F)o1. The average Bonchev–Trinajstić information content (AvgIpc) is 2.73. The van der Waals surface area contributed by atoms with Crippen LogP contribution in [0.2, 0.25) is 0 Å². The highest BCUT2D eigenvalue weighted by Gasteiger charge is 2.27. The highest BCUT2D eigenvalue weighted by atomic mass is 19.4.